The van der Waals surface area contributed by atoms with Crippen molar-refractivity contribution in [1.29, 1.82) is 0 Å². The number of aromatic amines is 1. The average molecular weight is 499 g/mol. The molecule has 4 aromatic rings. The first-order chi connectivity index (χ1) is 17.4. The Morgan fingerprint density at radius 3 is 2.53 bits per heavy atom. The van der Waals surface area contributed by atoms with Crippen LogP contribution in [-0.4, -0.2) is 34.3 Å². The van der Waals surface area contributed by atoms with Crippen LogP contribution in [0.3, 0.4) is 0 Å². The van der Waals surface area contributed by atoms with Gasteiger partial charge < -0.3 is 15.2 Å². The Morgan fingerprint density at radius 2 is 1.75 bits per heavy atom. The van der Waals surface area contributed by atoms with E-state index in [0.717, 1.165) is 27.7 Å². The Hall–Kier alpha value is -4.10. The summed E-state index contributed by atoms with van der Waals surface area (Å²) in [5.41, 5.74) is 3.36. The molecule has 2 N–H and O–H groups in total. The molecule has 1 unspecified atom stereocenters. The number of nitrogens with one attached hydrogen (secondary N) is 2. The van der Waals surface area contributed by atoms with Crippen LogP contribution >= 0.6 is 11.6 Å². The van der Waals surface area contributed by atoms with Crippen molar-refractivity contribution in [2.24, 2.45) is 0 Å². The minimum absolute atomic E-state index is 0.271. The molecule has 0 radical (unpaired) electrons. The molecule has 1 saturated heterocycles. The van der Waals surface area contributed by atoms with Crippen LogP contribution in [0.1, 0.15) is 34.1 Å². The van der Waals surface area contributed by atoms with Gasteiger partial charge in [-0.25, -0.2) is 9.69 Å². The van der Waals surface area contributed by atoms with E-state index in [1.54, 1.807) is 42.2 Å². The predicted octanol–water partition coefficient (Wildman–Crippen LogP) is 4.99. The van der Waals surface area contributed by atoms with Gasteiger partial charge in [-0.05, 0) is 60.9 Å². The van der Waals surface area contributed by atoms with Crippen molar-refractivity contribution in [3.8, 4) is 0 Å². The quantitative estimate of drug-likeness (QED) is 0.389. The zero-order valence-electron chi connectivity index (χ0n) is 19.5. The lowest BCUT2D eigenvalue weighted by molar-refractivity contribution is -0.125. The second kappa shape index (κ2) is 8.24. The van der Waals surface area contributed by atoms with Crippen LogP contribution in [0.15, 0.2) is 72.8 Å². The predicted molar refractivity (Wildman–Crippen MR) is 138 cm³/mol. The molecule has 4 amide bonds. The lowest BCUT2D eigenvalue weighted by Crippen LogP contribution is -2.49. The van der Waals surface area contributed by atoms with Crippen LogP contribution in [0.5, 0.6) is 0 Å². The van der Waals surface area contributed by atoms with Crippen LogP contribution in [0, 0.1) is 0 Å². The molecule has 6 rings (SSSR count). The van der Waals surface area contributed by atoms with Gasteiger partial charge in [0.1, 0.15) is 0 Å². The number of nitrogens with zero attached hydrogens (tertiary/aromatic N) is 2. The molecule has 2 aliphatic heterocycles. The van der Waals surface area contributed by atoms with Gasteiger partial charge in [-0.1, -0.05) is 48.0 Å². The van der Waals surface area contributed by atoms with Gasteiger partial charge in [0, 0.05) is 34.6 Å². The summed E-state index contributed by atoms with van der Waals surface area (Å²) < 4.78 is 0. The highest BCUT2D eigenvalue weighted by Crippen LogP contribution is 2.45. The van der Waals surface area contributed by atoms with Gasteiger partial charge in [0.15, 0.2) is 5.54 Å². The second-order valence-corrected chi connectivity index (χ2v) is 9.65. The molecule has 0 spiro atoms. The van der Waals surface area contributed by atoms with Gasteiger partial charge in [0.05, 0.1) is 11.4 Å². The number of halogens is 1. The largest absolute Gasteiger partial charge is 0.356 e. The minimum atomic E-state index is -1.12. The van der Waals surface area contributed by atoms with Crippen LogP contribution in [0.2, 0.25) is 5.02 Å². The Kier molecular flexibility index (Phi) is 5.12. The van der Waals surface area contributed by atoms with E-state index in [9.17, 15) is 14.4 Å². The average Bonchev–Trinajstić information content (AvgIpc) is 3.37. The van der Waals surface area contributed by atoms with Gasteiger partial charge in [-0.15, -0.1) is 0 Å². The number of H-pyrrole nitrogens is 1. The maximum absolute atomic E-state index is 13.8. The third-order valence-corrected chi connectivity index (χ3v) is 7.62. The number of carbonyl (C=O) groups excluding carboxylic acids is 3. The first-order valence-corrected chi connectivity index (χ1v) is 12.2. The monoisotopic (exact) mass is 498 g/mol. The van der Waals surface area contributed by atoms with E-state index < -0.39 is 5.54 Å². The molecule has 3 aromatic carbocycles. The molecule has 2 aliphatic rings. The molecular weight excluding hydrogens is 476 g/mol. The Balaban J connectivity index is 1.26. The molecule has 1 atom stereocenters. The van der Waals surface area contributed by atoms with E-state index in [4.69, 9.17) is 11.6 Å². The van der Waals surface area contributed by atoms with E-state index in [0.29, 0.717) is 35.8 Å². The smallest absolute Gasteiger partial charge is 0.332 e. The molecule has 7 nitrogen and oxygen atoms in total. The van der Waals surface area contributed by atoms with Crippen LogP contribution in [-0.2, 0) is 23.3 Å². The summed E-state index contributed by atoms with van der Waals surface area (Å²) in [5, 5.41) is 4.52. The molecule has 0 aliphatic carbocycles. The summed E-state index contributed by atoms with van der Waals surface area (Å²) in [6, 6.07) is 21.4. The third-order valence-electron chi connectivity index (χ3n) is 7.25. The van der Waals surface area contributed by atoms with E-state index >= 15 is 0 Å². The lowest BCUT2D eigenvalue weighted by atomic mass is 9.87. The standard InChI is InChI=1S/C28H23ClN4O3/c1-28-24-21(20-7-3-5-9-23(20)31-24)14-15-32(28)27(36)33(26(28)35)19-12-10-17(11-13-19)25(34)30-16-18-6-2-4-8-22(18)29/h2-13,31H,14-16H2,1H3,(H,30,34). The summed E-state index contributed by atoms with van der Waals surface area (Å²) >= 11 is 6.17. The number of para-hydroxylation sites is 1. The van der Waals surface area contributed by atoms with Gasteiger partial charge >= 0.3 is 6.03 Å². The molecule has 0 saturated carbocycles. The van der Waals surface area contributed by atoms with Crippen molar-refractivity contribution < 1.29 is 14.4 Å². The Labute approximate surface area is 212 Å². The summed E-state index contributed by atoms with van der Waals surface area (Å²) in [7, 11) is 0. The SMILES string of the molecule is CC12C(=O)N(c3ccc(C(=O)NCc4ccccc4Cl)cc3)C(=O)N1CCc1c2[nH]c2ccccc12. The summed E-state index contributed by atoms with van der Waals surface area (Å²) in [6.45, 7) is 2.55. The van der Waals surface area contributed by atoms with Crippen molar-refractivity contribution in [2.45, 2.75) is 25.4 Å². The number of hydrogen-bond donors (Lipinski definition) is 2. The molecule has 36 heavy (non-hydrogen) atoms. The Bertz CT molecular complexity index is 1540. The van der Waals surface area contributed by atoms with Gasteiger partial charge in [0.2, 0.25) is 0 Å². The van der Waals surface area contributed by atoms with Crippen molar-refractivity contribution >= 4 is 46.0 Å². The number of urea groups is 1. The van der Waals surface area contributed by atoms with Crippen molar-refractivity contribution in [3.05, 3.63) is 100 Å². The molecule has 180 valence electrons. The molecule has 1 fully saturated rings. The van der Waals surface area contributed by atoms with Crippen LogP contribution in [0.4, 0.5) is 10.5 Å². The highest BCUT2D eigenvalue weighted by atomic mass is 35.5. The lowest BCUT2D eigenvalue weighted by Gasteiger charge is -2.35. The maximum Gasteiger partial charge on any atom is 0.332 e. The summed E-state index contributed by atoms with van der Waals surface area (Å²) in [5.74, 6) is -0.580. The summed E-state index contributed by atoms with van der Waals surface area (Å²) in [4.78, 5) is 46.1. The molecule has 0 bridgehead atoms. The zero-order valence-corrected chi connectivity index (χ0v) is 20.3. The van der Waals surface area contributed by atoms with E-state index in [1.165, 1.54) is 4.90 Å². The van der Waals surface area contributed by atoms with Crippen LogP contribution < -0.4 is 10.2 Å². The number of carbonyl (C=O) groups is 3. The Morgan fingerprint density at radius 1 is 1.03 bits per heavy atom. The fraction of sp³-hybridized carbons (Fsp3) is 0.179. The summed E-state index contributed by atoms with van der Waals surface area (Å²) in [6.07, 6.45) is 0.673. The van der Waals surface area contributed by atoms with Gasteiger partial charge in [-0.3, -0.25) is 9.59 Å². The normalized spacial score (nSPS) is 18.9. The number of anilines is 1. The first-order valence-electron chi connectivity index (χ1n) is 11.8. The number of hydrogen-bond acceptors (Lipinski definition) is 3. The molecule has 8 heteroatoms. The number of benzene rings is 3. The highest BCUT2D eigenvalue weighted by molar-refractivity contribution is 6.31. The number of imide groups is 1. The van der Waals surface area contributed by atoms with Crippen LogP contribution in [0.25, 0.3) is 10.9 Å². The maximum atomic E-state index is 13.8. The van der Waals surface area contributed by atoms with E-state index in [2.05, 4.69) is 10.3 Å². The molecular formula is C28H23ClN4O3. The van der Waals surface area contributed by atoms with E-state index in [-0.39, 0.29) is 17.8 Å². The molecule has 1 aromatic heterocycles. The fourth-order valence-corrected chi connectivity index (χ4v) is 5.50. The number of rotatable bonds is 4. The number of amides is 4. The van der Waals surface area contributed by atoms with E-state index in [1.807, 2.05) is 42.5 Å². The molecule has 3 heterocycles. The minimum Gasteiger partial charge on any atom is -0.356 e. The van der Waals surface area contributed by atoms with Crippen molar-refractivity contribution in [2.75, 3.05) is 11.4 Å². The highest BCUT2D eigenvalue weighted by Gasteiger charge is 2.59. The third kappa shape index (κ3) is 3.23. The zero-order chi connectivity index (χ0) is 25.0. The van der Waals surface area contributed by atoms with Crippen molar-refractivity contribution in [1.82, 2.24) is 15.2 Å². The van der Waals surface area contributed by atoms with Crippen molar-refractivity contribution in [3.63, 3.8) is 0 Å². The van der Waals surface area contributed by atoms with Gasteiger partial charge in [-0.2, -0.15) is 0 Å². The fourth-order valence-electron chi connectivity index (χ4n) is 5.30. The topological polar surface area (TPSA) is 85.5 Å². The van der Waals surface area contributed by atoms with Gasteiger partial charge in [0.25, 0.3) is 11.8 Å². The number of aromatic nitrogens is 1. The number of fused-ring (bicyclic) bond motifs is 5. The first kappa shape index (κ1) is 22.4. The second-order valence-electron chi connectivity index (χ2n) is 9.24.